The second-order valence-corrected chi connectivity index (χ2v) is 5.44. The Kier molecular flexibility index (Phi) is 4.91. The molecule has 2 aromatic rings. The topological polar surface area (TPSA) is 43.4 Å². The predicted octanol–water partition coefficient (Wildman–Crippen LogP) is 3.21. The number of pyridine rings is 1. The second-order valence-electron chi connectivity index (χ2n) is 5.44. The molecule has 1 aliphatic heterocycles. The van der Waals surface area contributed by atoms with Crippen LogP contribution in [0.5, 0.6) is 11.6 Å². The summed E-state index contributed by atoms with van der Waals surface area (Å²) in [6.07, 6.45) is 2.86. The summed E-state index contributed by atoms with van der Waals surface area (Å²) in [4.78, 5) is 4.28. The molecule has 2 heterocycles. The number of nitrogens with one attached hydrogen (secondary N) is 1. The predicted molar refractivity (Wildman–Crippen MR) is 86.2 cm³/mol. The molecule has 1 N–H and O–H groups in total. The van der Waals surface area contributed by atoms with Crippen molar-refractivity contribution in [3.63, 3.8) is 0 Å². The minimum atomic E-state index is 0.0135. The minimum absolute atomic E-state index is 0.0135. The van der Waals surface area contributed by atoms with E-state index in [-0.39, 0.29) is 6.10 Å². The van der Waals surface area contributed by atoms with Crippen molar-refractivity contribution in [1.29, 1.82) is 0 Å². The lowest BCUT2D eigenvalue weighted by Crippen LogP contribution is -2.21. The summed E-state index contributed by atoms with van der Waals surface area (Å²) >= 11 is 0. The molecule has 22 heavy (non-hydrogen) atoms. The smallest absolute Gasteiger partial charge is 0.257 e. The van der Waals surface area contributed by atoms with E-state index >= 15 is 0 Å². The Bertz CT molecular complexity index is 583. The summed E-state index contributed by atoms with van der Waals surface area (Å²) in [5.41, 5.74) is 1.20. The fourth-order valence-electron chi connectivity index (χ4n) is 2.86. The van der Waals surface area contributed by atoms with E-state index in [0.29, 0.717) is 24.2 Å². The van der Waals surface area contributed by atoms with Gasteiger partial charge in [-0.15, -0.1) is 0 Å². The van der Waals surface area contributed by atoms with Gasteiger partial charge in [0.25, 0.3) is 5.88 Å². The van der Waals surface area contributed by atoms with Crippen molar-refractivity contribution in [1.82, 2.24) is 10.3 Å². The minimum Gasteiger partial charge on any atom is -0.480 e. The third-order valence-electron chi connectivity index (χ3n) is 3.93. The molecule has 0 amide bonds. The monoisotopic (exact) mass is 298 g/mol. The molecule has 116 valence electrons. The molecule has 0 radical (unpaired) electrons. The SMILES string of the molecule is CCOc1ncccc1OC(c1ccccc1)[C@H]1CCNC1. The average Bonchev–Trinajstić information content (AvgIpc) is 3.09. The highest BCUT2D eigenvalue weighted by Gasteiger charge is 2.28. The summed E-state index contributed by atoms with van der Waals surface area (Å²) in [5.74, 6) is 1.74. The molecule has 1 aromatic heterocycles. The molecule has 4 nitrogen and oxygen atoms in total. The van der Waals surface area contributed by atoms with Crippen molar-refractivity contribution in [2.24, 2.45) is 5.92 Å². The zero-order chi connectivity index (χ0) is 15.2. The fraction of sp³-hybridized carbons (Fsp3) is 0.389. The number of ether oxygens (including phenoxy) is 2. The van der Waals surface area contributed by atoms with E-state index in [0.717, 1.165) is 19.5 Å². The summed E-state index contributed by atoms with van der Waals surface area (Å²) in [7, 11) is 0. The number of nitrogens with zero attached hydrogens (tertiary/aromatic N) is 1. The molecule has 4 heteroatoms. The van der Waals surface area contributed by atoms with Gasteiger partial charge in [0.05, 0.1) is 6.61 Å². The zero-order valence-corrected chi connectivity index (χ0v) is 12.9. The maximum atomic E-state index is 6.34. The lowest BCUT2D eigenvalue weighted by Gasteiger charge is -2.25. The van der Waals surface area contributed by atoms with Crippen LogP contribution in [0.4, 0.5) is 0 Å². The number of benzene rings is 1. The highest BCUT2D eigenvalue weighted by Crippen LogP contribution is 2.35. The van der Waals surface area contributed by atoms with E-state index in [1.807, 2.05) is 25.1 Å². The van der Waals surface area contributed by atoms with E-state index in [4.69, 9.17) is 9.47 Å². The van der Waals surface area contributed by atoms with Crippen LogP contribution in [0.1, 0.15) is 25.0 Å². The van der Waals surface area contributed by atoms with Crippen LogP contribution in [0.2, 0.25) is 0 Å². The van der Waals surface area contributed by atoms with Crippen molar-refractivity contribution in [3.8, 4) is 11.6 Å². The molecule has 0 saturated carbocycles. The van der Waals surface area contributed by atoms with E-state index in [9.17, 15) is 0 Å². The van der Waals surface area contributed by atoms with E-state index < -0.39 is 0 Å². The van der Waals surface area contributed by atoms with Gasteiger partial charge < -0.3 is 14.8 Å². The first-order valence-corrected chi connectivity index (χ1v) is 7.88. The van der Waals surface area contributed by atoms with Gasteiger partial charge in [-0.1, -0.05) is 30.3 Å². The van der Waals surface area contributed by atoms with Gasteiger partial charge in [-0.3, -0.25) is 0 Å². The van der Waals surface area contributed by atoms with Crippen molar-refractivity contribution in [2.45, 2.75) is 19.4 Å². The highest BCUT2D eigenvalue weighted by atomic mass is 16.5. The molecule has 0 aliphatic carbocycles. The largest absolute Gasteiger partial charge is 0.480 e. The third kappa shape index (κ3) is 3.39. The van der Waals surface area contributed by atoms with Crippen molar-refractivity contribution < 1.29 is 9.47 Å². The van der Waals surface area contributed by atoms with E-state index in [1.165, 1.54) is 5.56 Å². The Balaban J connectivity index is 1.87. The molecule has 2 atom stereocenters. The molecular formula is C18H22N2O2. The number of hydrogen-bond donors (Lipinski definition) is 1. The summed E-state index contributed by atoms with van der Waals surface area (Å²) < 4.78 is 11.9. The van der Waals surface area contributed by atoms with Gasteiger partial charge in [-0.05, 0) is 37.6 Å². The van der Waals surface area contributed by atoms with Gasteiger partial charge in [0.1, 0.15) is 6.10 Å². The van der Waals surface area contributed by atoms with Crippen molar-refractivity contribution in [2.75, 3.05) is 19.7 Å². The van der Waals surface area contributed by atoms with Crippen LogP contribution in [-0.4, -0.2) is 24.7 Å². The van der Waals surface area contributed by atoms with Crippen molar-refractivity contribution >= 4 is 0 Å². The van der Waals surface area contributed by atoms with Crippen LogP contribution in [0.3, 0.4) is 0 Å². The second kappa shape index (κ2) is 7.27. The molecule has 1 fully saturated rings. The molecule has 1 unspecified atom stereocenters. The van der Waals surface area contributed by atoms with Gasteiger partial charge in [0.15, 0.2) is 5.75 Å². The molecule has 3 rings (SSSR count). The average molecular weight is 298 g/mol. The molecule has 1 aliphatic rings. The Morgan fingerprint density at radius 3 is 2.82 bits per heavy atom. The molecule has 1 saturated heterocycles. The Morgan fingerprint density at radius 1 is 1.23 bits per heavy atom. The van der Waals surface area contributed by atoms with Crippen LogP contribution in [-0.2, 0) is 0 Å². The van der Waals surface area contributed by atoms with Gasteiger partial charge in [-0.25, -0.2) is 4.98 Å². The maximum absolute atomic E-state index is 6.34. The highest BCUT2D eigenvalue weighted by molar-refractivity contribution is 5.34. The molecular weight excluding hydrogens is 276 g/mol. The summed E-state index contributed by atoms with van der Waals surface area (Å²) in [6.45, 7) is 4.55. The standard InChI is InChI=1S/C18H22N2O2/c1-2-21-18-16(9-6-11-20-18)22-17(15-10-12-19-13-15)14-7-4-3-5-8-14/h3-9,11,15,17,19H,2,10,12-13H2,1H3/t15-,17?/m0/s1. The van der Waals surface area contributed by atoms with Gasteiger partial charge >= 0.3 is 0 Å². The van der Waals surface area contributed by atoms with Gasteiger partial charge in [0, 0.05) is 18.7 Å². The fourth-order valence-corrected chi connectivity index (χ4v) is 2.86. The van der Waals surface area contributed by atoms with Crippen molar-refractivity contribution in [3.05, 3.63) is 54.2 Å². The first kappa shape index (κ1) is 14.9. The van der Waals surface area contributed by atoms with Crippen LogP contribution >= 0.6 is 0 Å². The number of aromatic nitrogens is 1. The molecule has 0 spiro atoms. The first-order chi connectivity index (χ1) is 10.9. The van der Waals surface area contributed by atoms with Gasteiger partial charge in [0.2, 0.25) is 0 Å². The zero-order valence-electron chi connectivity index (χ0n) is 12.9. The van der Waals surface area contributed by atoms with Gasteiger partial charge in [-0.2, -0.15) is 0 Å². The first-order valence-electron chi connectivity index (χ1n) is 7.88. The van der Waals surface area contributed by atoms with Crippen LogP contribution in [0.25, 0.3) is 0 Å². The van der Waals surface area contributed by atoms with E-state index in [2.05, 4.69) is 34.6 Å². The number of hydrogen-bond acceptors (Lipinski definition) is 4. The maximum Gasteiger partial charge on any atom is 0.257 e. The molecule has 1 aromatic carbocycles. The quantitative estimate of drug-likeness (QED) is 0.889. The summed E-state index contributed by atoms with van der Waals surface area (Å²) in [6, 6.07) is 14.2. The lowest BCUT2D eigenvalue weighted by molar-refractivity contribution is 0.136. The van der Waals surface area contributed by atoms with E-state index in [1.54, 1.807) is 6.20 Å². The van der Waals surface area contributed by atoms with Crippen LogP contribution in [0, 0.1) is 5.92 Å². The lowest BCUT2D eigenvalue weighted by atomic mass is 9.95. The van der Waals surface area contributed by atoms with Crippen LogP contribution < -0.4 is 14.8 Å². The Hall–Kier alpha value is -2.07. The number of rotatable bonds is 6. The molecule has 0 bridgehead atoms. The summed E-state index contributed by atoms with van der Waals surface area (Å²) in [5, 5.41) is 3.42. The Labute approximate surface area is 131 Å². The Morgan fingerprint density at radius 2 is 2.09 bits per heavy atom. The normalized spacial score (nSPS) is 18.9. The van der Waals surface area contributed by atoms with Crippen LogP contribution in [0.15, 0.2) is 48.7 Å². The third-order valence-corrected chi connectivity index (χ3v) is 3.93.